The number of hydrogen-bond donors (Lipinski definition) is 3. The Morgan fingerprint density at radius 1 is 1.00 bits per heavy atom. The summed E-state index contributed by atoms with van der Waals surface area (Å²) in [6, 6.07) is 10.9. The van der Waals surface area contributed by atoms with Gasteiger partial charge in [0.15, 0.2) is 5.65 Å². The minimum Gasteiger partial charge on any atom is -0.472 e. The van der Waals surface area contributed by atoms with Crippen molar-refractivity contribution >= 4 is 55.5 Å². The number of ether oxygens (including phenoxy) is 1. The van der Waals surface area contributed by atoms with Crippen molar-refractivity contribution < 1.29 is 32.3 Å². The number of aromatic nitrogens is 4. The van der Waals surface area contributed by atoms with Crippen molar-refractivity contribution in [3.8, 4) is 5.88 Å². The lowest BCUT2D eigenvalue weighted by atomic mass is 10.0. The van der Waals surface area contributed by atoms with Gasteiger partial charge in [0.05, 0.1) is 11.8 Å². The van der Waals surface area contributed by atoms with Crippen molar-refractivity contribution in [1.82, 2.24) is 40.0 Å². The molecule has 4 aliphatic rings. The molecule has 3 aromatic heterocycles. The molecule has 3 N–H and O–H groups in total. The Bertz CT molecular complexity index is 2290. The molecule has 4 aromatic rings. The summed E-state index contributed by atoms with van der Waals surface area (Å²) < 4.78 is 36.0. The van der Waals surface area contributed by atoms with Crippen molar-refractivity contribution in [2.75, 3.05) is 6.54 Å². The molecule has 3 fully saturated rings. The molecule has 4 amide bonds. The Kier molecular flexibility index (Phi) is 9.32. The third kappa shape index (κ3) is 7.01. The Hall–Kier alpha value is -5.38. The number of aryl methyl sites for hydroxylation is 1. The smallest absolute Gasteiger partial charge is 0.272 e. The van der Waals surface area contributed by atoms with E-state index >= 15 is 0 Å². The van der Waals surface area contributed by atoms with Gasteiger partial charge in [0, 0.05) is 42.6 Å². The fourth-order valence-corrected chi connectivity index (χ4v) is 8.98. The lowest BCUT2D eigenvalue weighted by molar-refractivity contribution is -0.141. The molecule has 15 nitrogen and oxygen atoms in total. The van der Waals surface area contributed by atoms with Gasteiger partial charge >= 0.3 is 0 Å². The second kappa shape index (κ2) is 14.1. The number of nitrogens with one attached hydrogen (secondary N) is 3. The van der Waals surface area contributed by atoms with Gasteiger partial charge in [-0.2, -0.15) is 10.1 Å². The van der Waals surface area contributed by atoms with E-state index in [0.717, 1.165) is 29.0 Å². The largest absolute Gasteiger partial charge is 0.472 e. The molecule has 282 valence electrons. The van der Waals surface area contributed by atoms with Crippen LogP contribution in [0.5, 0.6) is 5.88 Å². The second-order valence-electron chi connectivity index (χ2n) is 14.7. The van der Waals surface area contributed by atoms with Crippen LogP contribution in [0.1, 0.15) is 68.3 Å². The summed E-state index contributed by atoms with van der Waals surface area (Å²) in [5, 5.41) is 11.8. The third-order valence-electron chi connectivity index (χ3n) is 10.8. The number of amides is 4. The van der Waals surface area contributed by atoms with Crippen molar-refractivity contribution in [2.24, 2.45) is 13.0 Å². The molecule has 2 saturated carbocycles. The first-order valence-corrected chi connectivity index (χ1v) is 20.0. The number of carbonyl (C=O) groups is 4. The summed E-state index contributed by atoms with van der Waals surface area (Å²) >= 11 is 0. The Balaban J connectivity index is 1.12. The molecule has 1 saturated heterocycles. The minimum absolute atomic E-state index is 0.0122. The van der Waals surface area contributed by atoms with Crippen LogP contribution < -0.4 is 20.1 Å². The average molecular weight is 755 g/mol. The van der Waals surface area contributed by atoms with Crippen molar-refractivity contribution in [3.05, 3.63) is 72.7 Å². The number of nitrogens with zero attached hydrogens (tertiary/aromatic N) is 5. The second-order valence-corrected chi connectivity index (χ2v) is 16.7. The monoisotopic (exact) mass is 754 g/mol. The molecule has 2 aliphatic carbocycles. The zero-order valence-electron chi connectivity index (χ0n) is 29.8. The van der Waals surface area contributed by atoms with Gasteiger partial charge < -0.3 is 20.3 Å². The van der Waals surface area contributed by atoms with Gasteiger partial charge in [-0.15, -0.1) is 0 Å². The molecule has 5 heterocycles. The number of allylic oxidation sites excluding steroid dienone is 1. The van der Waals surface area contributed by atoms with Gasteiger partial charge in [-0.1, -0.05) is 43.2 Å². The molecule has 0 spiro atoms. The van der Waals surface area contributed by atoms with Crippen LogP contribution in [0, 0.1) is 5.92 Å². The van der Waals surface area contributed by atoms with Gasteiger partial charge in [0.25, 0.3) is 11.8 Å². The first-order valence-electron chi connectivity index (χ1n) is 18.5. The van der Waals surface area contributed by atoms with Gasteiger partial charge in [0.2, 0.25) is 27.7 Å². The van der Waals surface area contributed by atoms with E-state index in [4.69, 9.17) is 9.72 Å². The molecule has 8 rings (SSSR count). The predicted octanol–water partition coefficient (Wildman–Crippen LogP) is 2.67. The molecule has 54 heavy (non-hydrogen) atoms. The predicted molar refractivity (Wildman–Crippen MR) is 197 cm³/mol. The van der Waals surface area contributed by atoms with Crippen LogP contribution in [-0.4, -0.2) is 92.2 Å². The highest BCUT2D eigenvalue weighted by Gasteiger charge is 2.62. The van der Waals surface area contributed by atoms with E-state index in [-0.39, 0.29) is 25.1 Å². The summed E-state index contributed by atoms with van der Waals surface area (Å²) in [6.45, 7) is -0.0122. The lowest BCUT2D eigenvalue weighted by Crippen LogP contribution is -2.58. The molecule has 16 heteroatoms. The van der Waals surface area contributed by atoms with Crippen LogP contribution in [0.4, 0.5) is 0 Å². The molecule has 2 aliphatic heterocycles. The van der Waals surface area contributed by atoms with E-state index in [1.807, 2.05) is 48.6 Å². The highest BCUT2D eigenvalue weighted by Crippen LogP contribution is 2.46. The Morgan fingerprint density at radius 3 is 2.57 bits per heavy atom. The molecule has 0 bridgehead atoms. The summed E-state index contributed by atoms with van der Waals surface area (Å²) in [5.74, 6) is -2.53. The van der Waals surface area contributed by atoms with E-state index in [0.29, 0.717) is 43.6 Å². The van der Waals surface area contributed by atoms with Crippen LogP contribution in [-0.2, 0) is 31.5 Å². The van der Waals surface area contributed by atoms with E-state index in [1.165, 1.54) is 9.58 Å². The van der Waals surface area contributed by atoms with Crippen molar-refractivity contribution in [3.63, 3.8) is 0 Å². The lowest BCUT2D eigenvalue weighted by Gasteiger charge is -2.29. The highest BCUT2D eigenvalue weighted by atomic mass is 32.2. The topological polar surface area (TPSA) is 195 Å². The zero-order valence-corrected chi connectivity index (χ0v) is 30.6. The maximum Gasteiger partial charge on any atom is 0.272 e. The molecular weight excluding hydrogens is 713 g/mol. The van der Waals surface area contributed by atoms with Crippen LogP contribution in [0.2, 0.25) is 0 Å². The molecular formula is C38H42N8O7S. The van der Waals surface area contributed by atoms with E-state index < -0.39 is 68.5 Å². The number of pyridine rings is 2. The van der Waals surface area contributed by atoms with Crippen LogP contribution in [0.3, 0.4) is 0 Å². The molecule has 0 unspecified atom stereocenters. The number of sulfonamides is 1. The maximum absolute atomic E-state index is 14.6. The normalized spacial score (nSPS) is 26.3. The number of rotatable bonds is 7. The first kappa shape index (κ1) is 35.6. The fourth-order valence-electron chi connectivity index (χ4n) is 7.62. The van der Waals surface area contributed by atoms with E-state index in [2.05, 4.69) is 25.4 Å². The molecule has 5 atom stereocenters. The van der Waals surface area contributed by atoms with Crippen LogP contribution in [0.25, 0.3) is 21.8 Å². The highest BCUT2D eigenvalue weighted by molar-refractivity contribution is 7.91. The van der Waals surface area contributed by atoms with Crippen molar-refractivity contribution in [2.45, 2.75) is 86.8 Å². The molecule has 0 radical (unpaired) electrons. The Labute approximate surface area is 312 Å². The minimum atomic E-state index is -3.89. The van der Waals surface area contributed by atoms with Gasteiger partial charge in [-0.05, 0) is 68.2 Å². The quantitative estimate of drug-likeness (QED) is 0.187. The number of fused-ring (bicyclic) bond motifs is 5. The number of benzene rings is 1. The Morgan fingerprint density at radius 2 is 1.80 bits per heavy atom. The SMILES string of the molecule is Cn1ccc(C(=O)N[C@H]2CCCCCC=C[C@@H]3C[C@@]3(C(=O)NS(=O)(=O)C3CC3)NC(=O)[C@@H]3C[C@@H](Oc4nc5ncccc5c5ccccc45)CN3C2=O)n1. The van der Waals surface area contributed by atoms with Gasteiger partial charge in [-0.25, -0.2) is 13.4 Å². The zero-order chi connectivity index (χ0) is 37.6. The molecule has 1 aromatic carbocycles. The number of hydrogen-bond acceptors (Lipinski definition) is 10. The maximum atomic E-state index is 14.6. The standard InChI is InChI=1S/C38H42N8O7S/c1-45-19-17-29(43-45)33(47)40-30-14-6-4-2-3-5-10-23-21-38(23,37(50)44-54(51,52)25-15-16-25)42-34(48)31-20-24(22-46(31)36(30)49)53-35-28-12-8-7-11-26(28)27-13-9-18-39-32(27)41-35/h5,7-13,17-19,23-25,30-31H,2-4,6,14-16,20-22H2,1H3,(H,40,47)(H,42,48)(H,44,50)/t23-,24-,30+,31+,38-/m1/s1. The summed E-state index contributed by atoms with van der Waals surface area (Å²) in [5.41, 5.74) is -0.871. The number of carbonyl (C=O) groups excluding carboxylic acids is 4. The van der Waals surface area contributed by atoms with Crippen LogP contribution >= 0.6 is 0 Å². The first-order chi connectivity index (χ1) is 26.0. The summed E-state index contributed by atoms with van der Waals surface area (Å²) in [7, 11) is -2.20. The fraction of sp³-hybridized carbons (Fsp3) is 0.447. The average Bonchev–Trinajstić information content (AvgIpc) is 4.05. The van der Waals surface area contributed by atoms with E-state index in [9.17, 15) is 27.6 Å². The van der Waals surface area contributed by atoms with Crippen molar-refractivity contribution in [1.29, 1.82) is 0 Å². The van der Waals surface area contributed by atoms with Gasteiger partial charge in [-0.3, -0.25) is 28.6 Å². The third-order valence-corrected chi connectivity index (χ3v) is 12.6. The van der Waals surface area contributed by atoms with E-state index in [1.54, 1.807) is 25.5 Å². The van der Waals surface area contributed by atoms with Gasteiger partial charge in [0.1, 0.15) is 29.4 Å². The summed E-state index contributed by atoms with van der Waals surface area (Å²) in [4.78, 5) is 66.7. The summed E-state index contributed by atoms with van der Waals surface area (Å²) in [6.07, 6.45) is 10.8. The van der Waals surface area contributed by atoms with Crippen LogP contribution in [0.15, 0.2) is 67.0 Å².